The third-order valence-electron chi connectivity index (χ3n) is 7.70. The van der Waals surface area contributed by atoms with Crippen LogP contribution in [0.3, 0.4) is 0 Å². The Morgan fingerprint density at radius 3 is 2.66 bits per heavy atom. The van der Waals surface area contributed by atoms with Gasteiger partial charge in [0.05, 0.1) is 29.9 Å². The van der Waals surface area contributed by atoms with Crippen LogP contribution in [0.1, 0.15) is 41.6 Å². The van der Waals surface area contributed by atoms with Crippen LogP contribution in [0, 0.1) is 30.1 Å². The zero-order valence-electron chi connectivity index (χ0n) is 19.9. The van der Waals surface area contributed by atoms with E-state index in [-0.39, 0.29) is 60.6 Å². The fraction of sp³-hybridized carbons (Fsp3) is 0.625. The van der Waals surface area contributed by atoms with E-state index in [2.05, 4.69) is 27.1 Å². The van der Waals surface area contributed by atoms with Gasteiger partial charge in [-0.15, -0.1) is 0 Å². The van der Waals surface area contributed by atoms with Crippen LogP contribution in [-0.2, 0) is 14.6 Å². The molecule has 0 radical (unpaired) electrons. The Balaban J connectivity index is 1.32. The molecular weight excluding hydrogens is 468 g/mol. The summed E-state index contributed by atoms with van der Waals surface area (Å²) in [6, 6.07) is 7.92. The van der Waals surface area contributed by atoms with Crippen LogP contribution in [0.25, 0.3) is 0 Å². The molecule has 4 atom stereocenters. The van der Waals surface area contributed by atoms with Crippen LogP contribution in [-0.4, -0.2) is 79.5 Å². The van der Waals surface area contributed by atoms with Gasteiger partial charge >= 0.3 is 0 Å². The van der Waals surface area contributed by atoms with Gasteiger partial charge in [0.25, 0.3) is 5.91 Å². The largest absolute Gasteiger partial charge is 0.368 e. The average Bonchev–Trinajstić information content (AvgIpc) is 3.59. The number of carbonyl (C=O) groups excluding carboxylic acids is 2. The predicted molar refractivity (Wildman–Crippen MR) is 130 cm³/mol. The van der Waals surface area contributed by atoms with Crippen molar-refractivity contribution in [1.29, 1.82) is 5.26 Å². The van der Waals surface area contributed by atoms with Crippen molar-refractivity contribution < 1.29 is 18.0 Å². The fourth-order valence-corrected chi connectivity index (χ4v) is 6.83. The summed E-state index contributed by atoms with van der Waals surface area (Å²) in [5.41, 5.74) is 5.64. The minimum Gasteiger partial charge on any atom is -0.368 e. The molecule has 3 unspecified atom stereocenters. The molecule has 1 aliphatic carbocycles. The minimum absolute atomic E-state index is 0.000449. The van der Waals surface area contributed by atoms with E-state index < -0.39 is 9.84 Å². The first kappa shape index (κ1) is 24.0. The van der Waals surface area contributed by atoms with Gasteiger partial charge in [0.15, 0.2) is 9.84 Å². The second-order valence-electron chi connectivity index (χ2n) is 10.1. The van der Waals surface area contributed by atoms with Crippen molar-refractivity contribution in [3.05, 3.63) is 29.3 Å². The van der Waals surface area contributed by atoms with Gasteiger partial charge in [-0.1, -0.05) is 0 Å². The first-order valence-electron chi connectivity index (χ1n) is 12.3. The lowest BCUT2D eigenvalue weighted by Crippen LogP contribution is -2.52. The molecule has 3 N–H and O–H groups in total. The molecule has 1 saturated carbocycles. The molecule has 1 aromatic carbocycles. The summed E-state index contributed by atoms with van der Waals surface area (Å²) in [5.74, 6) is 0.0388. The Kier molecular flexibility index (Phi) is 6.46. The third kappa shape index (κ3) is 4.87. The molecule has 10 nitrogen and oxygen atoms in total. The van der Waals surface area contributed by atoms with E-state index in [9.17, 15) is 23.3 Å². The van der Waals surface area contributed by atoms with Crippen molar-refractivity contribution in [3.63, 3.8) is 0 Å². The Morgan fingerprint density at radius 1 is 1.26 bits per heavy atom. The van der Waals surface area contributed by atoms with Crippen LogP contribution >= 0.6 is 0 Å². The molecule has 5 rings (SSSR count). The Morgan fingerprint density at radius 2 is 2.00 bits per heavy atom. The molecule has 2 amide bonds. The van der Waals surface area contributed by atoms with Crippen LogP contribution in [0.4, 0.5) is 5.69 Å². The second kappa shape index (κ2) is 9.41. The molecule has 0 bridgehead atoms. The first-order valence-corrected chi connectivity index (χ1v) is 14.2. The van der Waals surface area contributed by atoms with E-state index in [4.69, 9.17) is 0 Å². The smallest absolute Gasteiger partial charge is 0.254 e. The van der Waals surface area contributed by atoms with E-state index in [1.165, 1.54) is 0 Å². The van der Waals surface area contributed by atoms with E-state index in [0.717, 1.165) is 30.5 Å². The molecule has 3 saturated heterocycles. The monoisotopic (exact) mass is 500 g/mol. The molecule has 3 heterocycles. The molecule has 11 heteroatoms. The molecule has 4 aliphatic rings. The number of piperidine rings is 1. The first-order chi connectivity index (χ1) is 16.8. The van der Waals surface area contributed by atoms with Crippen LogP contribution in [0.5, 0.6) is 0 Å². The van der Waals surface area contributed by atoms with Gasteiger partial charge < -0.3 is 15.5 Å². The molecule has 188 valence electrons. The SMILES string of the molecule is Cc1cc(NC2NN([C@@H](CC#N)C3CC3)C3CCNC(=O)C23)ccc1C(=O)N1CCS(=O)(=O)CC1. The zero-order valence-corrected chi connectivity index (χ0v) is 20.7. The maximum Gasteiger partial charge on any atom is 0.254 e. The van der Waals surface area contributed by atoms with Crippen molar-refractivity contribution in [2.45, 2.75) is 50.9 Å². The molecule has 3 aliphatic heterocycles. The van der Waals surface area contributed by atoms with Gasteiger partial charge in [0.1, 0.15) is 6.17 Å². The number of rotatable bonds is 6. The summed E-state index contributed by atoms with van der Waals surface area (Å²) in [6.07, 6.45) is 3.17. The maximum absolute atomic E-state index is 13.0. The van der Waals surface area contributed by atoms with Crippen LogP contribution in [0.15, 0.2) is 18.2 Å². The summed E-state index contributed by atoms with van der Waals surface area (Å²) in [4.78, 5) is 27.4. The Labute approximate surface area is 205 Å². The topological polar surface area (TPSA) is 135 Å². The highest BCUT2D eigenvalue weighted by Crippen LogP contribution is 2.41. The number of hydrogen-bond acceptors (Lipinski definition) is 8. The van der Waals surface area contributed by atoms with Crippen LogP contribution < -0.4 is 16.1 Å². The third-order valence-corrected chi connectivity index (χ3v) is 9.30. The van der Waals surface area contributed by atoms with Crippen molar-refractivity contribution in [3.8, 4) is 6.07 Å². The van der Waals surface area contributed by atoms with E-state index in [1.807, 2.05) is 19.1 Å². The summed E-state index contributed by atoms with van der Waals surface area (Å²) in [6.45, 7) is 2.92. The number of nitrogens with one attached hydrogen (secondary N) is 3. The lowest BCUT2D eigenvalue weighted by atomic mass is 9.90. The van der Waals surface area contributed by atoms with Gasteiger partial charge in [0.2, 0.25) is 5.91 Å². The van der Waals surface area contributed by atoms with Gasteiger partial charge in [-0.25, -0.2) is 18.9 Å². The number of anilines is 1. The lowest BCUT2D eigenvalue weighted by Gasteiger charge is -2.34. The summed E-state index contributed by atoms with van der Waals surface area (Å²) >= 11 is 0. The van der Waals surface area contributed by atoms with Crippen molar-refractivity contribution in [1.82, 2.24) is 20.7 Å². The Hall–Kier alpha value is -2.68. The number of fused-ring (bicyclic) bond motifs is 1. The molecular formula is C24H32N6O4S. The van der Waals surface area contributed by atoms with Gasteiger partial charge in [0, 0.05) is 43.0 Å². The summed E-state index contributed by atoms with van der Waals surface area (Å²) in [5, 5.41) is 18.0. The molecule has 0 aromatic heterocycles. The van der Waals surface area contributed by atoms with Crippen molar-refractivity contribution in [2.75, 3.05) is 36.5 Å². The number of amides is 2. The second-order valence-corrected chi connectivity index (χ2v) is 12.4. The molecule has 35 heavy (non-hydrogen) atoms. The molecule has 1 aromatic rings. The lowest BCUT2D eigenvalue weighted by molar-refractivity contribution is -0.128. The highest BCUT2D eigenvalue weighted by Gasteiger charge is 2.51. The number of nitrogens with zero attached hydrogens (tertiary/aromatic N) is 3. The van der Waals surface area contributed by atoms with Crippen molar-refractivity contribution in [2.24, 2.45) is 11.8 Å². The zero-order chi connectivity index (χ0) is 24.7. The number of hydrogen-bond donors (Lipinski definition) is 3. The highest BCUT2D eigenvalue weighted by molar-refractivity contribution is 7.91. The normalized spacial score (nSPS) is 29.1. The minimum atomic E-state index is -3.06. The molecule has 0 spiro atoms. The number of carbonyl (C=O) groups is 2. The number of hydrazine groups is 1. The number of benzene rings is 1. The van der Waals surface area contributed by atoms with Gasteiger partial charge in [-0.3, -0.25) is 9.59 Å². The van der Waals surface area contributed by atoms with Crippen LogP contribution in [0.2, 0.25) is 0 Å². The fourth-order valence-electron chi connectivity index (χ4n) is 5.63. The number of sulfone groups is 1. The summed E-state index contributed by atoms with van der Waals surface area (Å²) < 4.78 is 23.4. The van der Waals surface area contributed by atoms with Gasteiger partial charge in [-0.2, -0.15) is 5.26 Å². The Bertz CT molecular complexity index is 1150. The predicted octanol–water partition coefficient (Wildman–Crippen LogP) is 0.621. The standard InChI is InChI=1S/C24H32N6O4S/c1-15-14-17(4-5-18(15)24(32)29-10-12-35(33,34)13-11-29)27-22-21-20(7-9-26-23(21)31)30(28-22)19(6-8-25)16-2-3-16/h4-5,14,16,19-22,27-28H,2-3,6-7,9-13H2,1H3,(H,26,31)/t19-,20?,21?,22?/m0/s1. The summed E-state index contributed by atoms with van der Waals surface area (Å²) in [7, 11) is -3.06. The van der Waals surface area contributed by atoms with E-state index >= 15 is 0 Å². The number of aryl methyl sites for hydroxylation is 1. The number of nitriles is 1. The average molecular weight is 501 g/mol. The molecule has 4 fully saturated rings. The quantitative estimate of drug-likeness (QED) is 0.518. The highest BCUT2D eigenvalue weighted by atomic mass is 32.2. The van der Waals surface area contributed by atoms with Gasteiger partial charge in [-0.05, 0) is 55.9 Å². The van der Waals surface area contributed by atoms with E-state index in [1.54, 1.807) is 11.0 Å². The van der Waals surface area contributed by atoms with E-state index in [0.29, 0.717) is 24.4 Å². The van der Waals surface area contributed by atoms with Crippen molar-refractivity contribution >= 4 is 27.3 Å². The maximum atomic E-state index is 13.0.